The van der Waals surface area contributed by atoms with Gasteiger partial charge in [-0.25, -0.2) is 0 Å². The molecule has 0 aromatic rings. The fraction of sp³-hybridized carbons (Fsp3) is 1.00. The normalized spacial score (nSPS) is 41.4. The maximum Gasteiger partial charge on any atom is 0.0309 e. The van der Waals surface area contributed by atoms with Gasteiger partial charge in [-0.3, -0.25) is 4.90 Å². The average molecular weight is 264 g/mol. The third kappa shape index (κ3) is 3.33. The largest absolute Gasteiger partial charge is 0.309 e. The van der Waals surface area contributed by atoms with Crippen LogP contribution in [0.5, 0.6) is 0 Å². The van der Waals surface area contributed by atoms with Gasteiger partial charge >= 0.3 is 0 Å². The molecule has 110 valence electrons. The van der Waals surface area contributed by atoms with Crippen LogP contribution in [0.25, 0.3) is 0 Å². The number of hydrogen-bond acceptors (Lipinski definition) is 2. The summed E-state index contributed by atoms with van der Waals surface area (Å²) >= 11 is 0. The molecule has 2 saturated carbocycles. The molecule has 1 saturated heterocycles. The van der Waals surface area contributed by atoms with Crippen LogP contribution in [0.15, 0.2) is 0 Å². The molecule has 0 aromatic heterocycles. The van der Waals surface area contributed by atoms with Crippen LogP contribution in [-0.2, 0) is 0 Å². The molecule has 0 radical (unpaired) electrons. The van der Waals surface area contributed by atoms with E-state index < -0.39 is 0 Å². The predicted octanol–water partition coefficient (Wildman–Crippen LogP) is 3.28. The van der Waals surface area contributed by atoms with Gasteiger partial charge in [0.15, 0.2) is 0 Å². The van der Waals surface area contributed by atoms with Crippen LogP contribution in [0.1, 0.15) is 58.8 Å². The number of nitrogens with one attached hydrogen (secondary N) is 1. The van der Waals surface area contributed by atoms with Gasteiger partial charge in [-0.2, -0.15) is 0 Å². The van der Waals surface area contributed by atoms with Crippen LogP contribution < -0.4 is 5.32 Å². The van der Waals surface area contributed by atoms with Gasteiger partial charge in [0.25, 0.3) is 0 Å². The molecule has 2 heteroatoms. The lowest BCUT2D eigenvalue weighted by molar-refractivity contribution is 0.0977. The SMILES string of the molecule is CCC1CCC(CN2CCNC(C)(C3CC3)C2)CC1. The van der Waals surface area contributed by atoms with Gasteiger partial charge < -0.3 is 5.32 Å². The van der Waals surface area contributed by atoms with Crippen LogP contribution in [0.2, 0.25) is 0 Å². The van der Waals surface area contributed by atoms with E-state index in [4.69, 9.17) is 0 Å². The van der Waals surface area contributed by atoms with E-state index in [0.717, 1.165) is 17.8 Å². The van der Waals surface area contributed by atoms with Crippen molar-refractivity contribution in [2.75, 3.05) is 26.2 Å². The van der Waals surface area contributed by atoms with Crippen LogP contribution in [0, 0.1) is 17.8 Å². The second-order valence-electron chi connectivity index (χ2n) is 7.65. The lowest BCUT2D eigenvalue weighted by Gasteiger charge is -2.43. The van der Waals surface area contributed by atoms with Crippen molar-refractivity contribution in [2.45, 2.75) is 64.3 Å². The van der Waals surface area contributed by atoms with Crippen LogP contribution in [-0.4, -0.2) is 36.6 Å². The zero-order valence-electron chi connectivity index (χ0n) is 13.0. The molecule has 2 aliphatic carbocycles. The lowest BCUT2D eigenvalue weighted by atomic mass is 9.80. The number of nitrogens with zero attached hydrogens (tertiary/aromatic N) is 1. The quantitative estimate of drug-likeness (QED) is 0.838. The molecular weight excluding hydrogens is 232 g/mol. The molecule has 1 aliphatic heterocycles. The summed E-state index contributed by atoms with van der Waals surface area (Å²) in [6, 6.07) is 0. The Kier molecular flexibility index (Phi) is 4.19. The molecular formula is C17H32N2. The molecule has 1 heterocycles. The first-order valence-electron chi connectivity index (χ1n) is 8.67. The molecule has 0 bridgehead atoms. The minimum Gasteiger partial charge on any atom is -0.309 e. The minimum atomic E-state index is 0.429. The summed E-state index contributed by atoms with van der Waals surface area (Å²) in [5.41, 5.74) is 0.429. The molecule has 3 fully saturated rings. The molecule has 1 atom stereocenters. The highest BCUT2D eigenvalue weighted by molar-refractivity contribution is 5.02. The highest BCUT2D eigenvalue weighted by Gasteiger charge is 2.43. The molecule has 19 heavy (non-hydrogen) atoms. The maximum atomic E-state index is 3.80. The first-order valence-corrected chi connectivity index (χ1v) is 8.67. The van der Waals surface area contributed by atoms with Crippen molar-refractivity contribution in [3.8, 4) is 0 Å². The van der Waals surface area contributed by atoms with Crippen molar-refractivity contribution in [3.05, 3.63) is 0 Å². The van der Waals surface area contributed by atoms with Crippen molar-refractivity contribution >= 4 is 0 Å². The van der Waals surface area contributed by atoms with Crippen molar-refractivity contribution < 1.29 is 0 Å². The topological polar surface area (TPSA) is 15.3 Å². The molecule has 2 nitrogen and oxygen atoms in total. The Bertz CT molecular complexity index is 292. The molecule has 3 rings (SSSR count). The molecule has 0 amide bonds. The Morgan fingerprint density at radius 2 is 1.74 bits per heavy atom. The first-order chi connectivity index (χ1) is 9.19. The zero-order valence-corrected chi connectivity index (χ0v) is 13.0. The molecule has 1 N–H and O–H groups in total. The first kappa shape index (κ1) is 13.9. The Balaban J connectivity index is 1.47. The summed E-state index contributed by atoms with van der Waals surface area (Å²) in [6.45, 7) is 9.98. The standard InChI is InChI=1S/C17H32N2/c1-3-14-4-6-15(7-5-14)12-19-11-10-18-17(2,13-19)16-8-9-16/h14-16,18H,3-13H2,1-2H3. The molecule has 0 aromatic carbocycles. The summed E-state index contributed by atoms with van der Waals surface area (Å²) in [5, 5.41) is 3.80. The summed E-state index contributed by atoms with van der Waals surface area (Å²) in [6.07, 6.45) is 10.3. The number of hydrogen-bond donors (Lipinski definition) is 1. The van der Waals surface area contributed by atoms with Gasteiger partial charge in [-0.05, 0) is 50.4 Å². The summed E-state index contributed by atoms with van der Waals surface area (Å²) in [7, 11) is 0. The number of piperazine rings is 1. The van der Waals surface area contributed by atoms with E-state index >= 15 is 0 Å². The van der Waals surface area contributed by atoms with Gasteiger partial charge in [0.05, 0.1) is 0 Å². The third-order valence-electron chi connectivity index (χ3n) is 6.05. The molecule has 0 spiro atoms. The fourth-order valence-electron chi connectivity index (χ4n) is 4.44. The average Bonchev–Trinajstić information content (AvgIpc) is 3.24. The molecule has 1 unspecified atom stereocenters. The van der Waals surface area contributed by atoms with E-state index in [2.05, 4.69) is 24.1 Å². The van der Waals surface area contributed by atoms with Gasteiger partial charge in [-0.1, -0.05) is 26.2 Å². The van der Waals surface area contributed by atoms with E-state index in [0.29, 0.717) is 5.54 Å². The van der Waals surface area contributed by atoms with Crippen molar-refractivity contribution in [2.24, 2.45) is 17.8 Å². The highest BCUT2D eigenvalue weighted by atomic mass is 15.2. The smallest absolute Gasteiger partial charge is 0.0309 e. The van der Waals surface area contributed by atoms with Crippen LogP contribution in [0.4, 0.5) is 0 Å². The van der Waals surface area contributed by atoms with Gasteiger partial charge in [-0.15, -0.1) is 0 Å². The van der Waals surface area contributed by atoms with E-state index in [-0.39, 0.29) is 0 Å². The van der Waals surface area contributed by atoms with Crippen LogP contribution in [0.3, 0.4) is 0 Å². The number of rotatable bonds is 4. The second kappa shape index (κ2) is 5.73. The van der Waals surface area contributed by atoms with Gasteiger partial charge in [0, 0.05) is 31.7 Å². The zero-order chi connectivity index (χ0) is 13.3. The Morgan fingerprint density at radius 1 is 1.05 bits per heavy atom. The maximum absolute atomic E-state index is 3.80. The summed E-state index contributed by atoms with van der Waals surface area (Å²) < 4.78 is 0. The second-order valence-corrected chi connectivity index (χ2v) is 7.65. The summed E-state index contributed by atoms with van der Waals surface area (Å²) in [4.78, 5) is 2.77. The van der Waals surface area contributed by atoms with Gasteiger partial charge in [0.1, 0.15) is 0 Å². The lowest BCUT2D eigenvalue weighted by Crippen LogP contribution is -2.60. The predicted molar refractivity (Wildman–Crippen MR) is 81.3 cm³/mol. The monoisotopic (exact) mass is 264 g/mol. The van der Waals surface area contributed by atoms with E-state index in [9.17, 15) is 0 Å². The Labute approximate surface area is 119 Å². The highest BCUT2D eigenvalue weighted by Crippen LogP contribution is 2.41. The van der Waals surface area contributed by atoms with Crippen LogP contribution >= 0.6 is 0 Å². The third-order valence-corrected chi connectivity index (χ3v) is 6.05. The Morgan fingerprint density at radius 3 is 2.37 bits per heavy atom. The minimum absolute atomic E-state index is 0.429. The van der Waals surface area contributed by atoms with Crippen molar-refractivity contribution in [1.82, 2.24) is 10.2 Å². The van der Waals surface area contributed by atoms with Gasteiger partial charge in [0.2, 0.25) is 0 Å². The van der Waals surface area contributed by atoms with E-state index in [1.54, 1.807) is 0 Å². The fourth-order valence-corrected chi connectivity index (χ4v) is 4.44. The Hall–Kier alpha value is -0.0800. The summed E-state index contributed by atoms with van der Waals surface area (Å²) in [5.74, 6) is 2.99. The van der Waals surface area contributed by atoms with E-state index in [1.165, 1.54) is 71.1 Å². The van der Waals surface area contributed by atoms with Crippen molar-refractivity contribution in [3.63, 3.8) is 0 Å². The van der Waals surface area contributed by atoms with E-state index in [1.807, 2.05) is 0 Å². The molecule has 3 aliphatic rings. The van der Waals surface area contributed by atoms with Crippen molar-refractivity contribution in [1.29, 1.82) is 0 Å².